The van der Waals surface area contributed by atoms with Gasteiger partial charge in [0.25, 0.3) is 11.6 Å². The van der Waals surface area contributed by atoms with E-state index in [2.05, 4.69) is 10.6 Å². The van der Waals surface area contributed by atoms with Crippen LogP contribution in [-0.2, 0) is 0 Å². The molecule has 1 aliphatic heterocycles. The molecule has 1 amide bonds. The van der Waals surface area contributed by atoms with Gasteiger partial charge in [-0.1, -0.05) is 6.42 Å². The average molecular weight is 295 g/mol. The van der Waals surface area contributed by atoms with Crippen LogP contribution in [0.15, 0.2) is 12.1 Å². The van der Waals surface area contributed by atoms with Crippen molar-refractivity contribution in [2.45, 2.75) is 32.2 Å². The van der Waals surface area contributed by atoms with Crippen LogP contribution in [0.25, 0.3) is 0 Å². The van der Waals surface area contributed by atoms with Gasteiger partial charge < -0.3 is 10.6 Å². The van der Waals surface area contributed by atoms with Crippen LogP contribution >= 0.6 is 0 Å². The lowest BCUT2D eigenvalue weighted by molar-refractivity contribution is -0.385. The Morgan fingerprint density at radius 1 is 1.52 bits per heavy atom. The van der Waals surface area contributed by atoms with E-state index in [1.54, 1.807) is 0 Å². The van der Waals surface area contributed by atoms with Gasteiger partial charge in [0.2, 0.25) is 0 Å². The van der Waals surface area contributed by atoms with Gasteiger partial charge in [0.05, 0.1) is 10.5 Å². The fraction of sp³-hybridized carbons (Fsp3) is 0.500. The number of hydrogen-bond acceptors (Lipinski definition) is 4. The summed E-state index contributed by atoms with van der Waals surface area (Å²) in [6.45, 7) is 2.70. The van der Waals surface area contributed by atoms with Crippen molar-refractivity contribution in [1.82, 2.24) is 10.6 Å². The van der Waals surface area contributed by atoms with Crippen LogP contribution in [0, 0.1) is 22.9 Å². The average Bonchev–Trinajstić information content (AvgIpc) is 2.48. The number of non-ortho nitro benzene ring substituents is 1. The third kappa shape index (κ3) is 3.75. The molecule has 1 fully saturated rings. The highest BCUT2D eigenvalue weighted by Crippen LogP contribution is 2.21. The molecule has 1 aromatic carbocycles. The lowest BCUT2D eigenvalue weighted by Gasteiger charge is -2.23. The fourth-order valence-electron chi connectivity index (χ4n) is 2.43. The number of benzene rings is 1. The van der Waals surface area contributed by atoms with Crippen LogP contribution in [0.1, 0.15) is 35.2 Å². The van der Waals surface area contributed by atoms with Crippen molar-refractivity contribution in [3.63, 3.8) is 0 Å². The maximum atomic E-state index is 14.0. The molecular formula is C14H18FN3O3. The van der Waals surface area contributed by atoms with Crippen molar-refractivity contribution in [3.05, 3.63) is 39.2 Å². The Labute approximate surface area is 121 Å². The molecule has 7 heteroatoms. The molecule has 0 radical (unpaired) electrons. The first-order valence-corrected chi connectivity index (χ1v) is 6.95. The van der Waals surface area contributed by atoms with Gasteiger partial charge in [-0.2, -0.15) is 0 Å². The molecule has 0 aromatic heterocycles. The zero-order chi connectivity index (χ0) is 15.4. The van der Waals surface area contributed by atoms with Crippen molar-refractivity contribution < 1.29 is 14.1 Å². The summed E-state index contributed by atoms with van der Waals surface area (Å²) < 4.78 is 14.0. The van der Waals surface area contributed by atoms with E-state index in [0.717, 1.165) is 37.9 Å². The van der Waals surface area contributed by atoms with E-state index >= 15 is 0 Å². The van der Waals surface area contributed by atoms with Gasteiger partial charge >= 0.3 is 0 Å². The molecule has 6 nitrogen and oxygen atoms in total. The summed E-state index contributed by atoms with van der Waals surface area (Å²) in [5.74, 6) is -1.33. The molecule has 0 saturated carbocycles. The normalized spacial score (nSPS) is 18.3. The summed E-state index contributed by atoms with van der Waals surface area (Å²) in [5, 5.41) is 16.7. The first-order valence-electron chi connectivity index (χ1n) is 6.95. The summed E-state index contributed by atoms with van der Waals surface area (Å²) in [6, 6.07) is 2.27. The number of nitrogens with one attached hydrogen (secondary N) is 2. The Balaban J connectivity index is 2.09. The Bertz CT molecular complexity index is 557. The fourth-order valence-corrected chi connectivity index (χ4v) is 2.43. The Hall–Kier alpha value is -2.02. The van der Waals surface area contributed by atoms with E-state index in [-0.39, 0.29) is 22.9 Å². The van der Waals surface area contributed by atoms with Gasteiger partial charge in [-0.05, 0) is 31.9 Å². The molecule has 114 valence electrons. The number of halogens is 1. The molecule has 2 rings (SSSR count). The molecule has 1 unspecified atom stereocenters. The minimum atomic E-state index is -0.713. The van der Waals surface area contributed by atoms with E-state index < -0.39 is 16.6 Å². The largest absolute Gasteiger partial charge is 0.350 e. The van der Waals surface area contributed by atoms with Gasteiger partial charge in [0, 0.05) is 24.7 Å². The predicted octanol–water partition coefficient (Wildman–Crippen LogP) is 1.91. The number of carbonyl (C=O) groups excluding carboxylic acids is 1. The van der Waals surface area contributed by atoms with Gasteiger partial charge in [0.1, 0.15) is 5.82 Å². The highest BCUT2D eigenvalue weighted by molar-refractivity contribution is 5.95. The van der Waals surface area contributed by atoms with Crippen LogP contribution in [0.2, 0.25) is 0 Å². The number of carbonyl (C=O) groups is 1. The van der Waals surface area contributed by atoms with Crippen LogP contribution in [0.4, 0.5) is 10.1 Å². The third-order valence-corrected chi connectivity index (χ3v) is 3.62. The van der Waals surface area contributed by atoms with Gasteiger partial charge in [-0.3, -0.25) is 14.9 Å². The Morgan fingerprint density at radius 2 is 2.29 bits per heavy atom. The molecular weight excluding hydrogens is 277 g/mol. The number of nitrogens with zero attached hydrogens (tertiary/aromatic N) is 1. The second-order valence-corrected chi connectivity index (χ2v) is 5.24. The Morgan fingerprint density at radius 3 is 2.90 bits per heavy atom. The molecule has 1 aliphatic rings. The summed E-state index contributed by atoms with van der Waals surface area (Å²) in [6.07, 6.45) is 3.16. The van der Waals surface area contributed by atoms with Crippen molar-refractivity contribution in [2.24, 2.45) is 0 Å². The first-order chi connectivity index (χ1) is 9.99. The lowest BCUT2D eigenvalue weighted by atomic mass is 10.0. The molecule has 1 aromatic rings. The minimum absolute atomic E-state index is 0.0881. The van der Waals surface area contributed by atoms with E-state index in [4.69, 9.17) is 0 Å². The summed E-state index contributed by atoms with van der Waals surface area (Å²) in [4.78, 5) is 22.2. The van der Waals surface area contributed by atoms with Crippen LogP contribution < -0.4 is 10.6 Å². The van der Waals surface area contributed by atoms with Gasteiger partial charge in [-0.15, -0.1) is 0 Å². The molecule has 0 bridgehead atoms. The van der Waals surface area contributed by atoms with E-state index in [9.17, 15) is 19.3 Å². The maximum absolute atomic E-state index is 14.0. The molecule has 0 spiro atoms. The highest BCUT2D eigenvalue weighted by atomic mass is 19.1. The Kier molecular flexibility index (Phi) is 4.85. The molecule has 2 N–H and O–H groups in total. The monoisotopic (exact) mass is 295 g/mol. The summed E-state index contributed by atoms with van der Waals surface area (Å²) >= 11 is 0. The number of hydrogen-bond donors (Lipinski definition) is 2. The van der Waals surface area contributed by atoms with Crippen molar-refractivity contribution in [3.8, 4) is 0 Å². The number of nitro groups is 1. The SMILES string of the molecule is Cc1cc([N+](=O)[O-])cc(C(=O)NCC2CCCCN2)c1F. The molecule has 1 heterocycles. The van der Waals surface area contributed by atoms with Crippen molar-refractivity contribution in [1.29, 1.82) is 0 Å². The topological polar surface area (TPSA) is 84.3 Å². The molecule has 1 atom stereocenters. The van der Waals surface area contributed by atoms with Crippen LogP contribution in [-0.4, -0.2) is 30.0 Å². The van der Waals surface area contributed by atoms with Crippen LogP contribution in [0.5, 0.6) is 0 Å². The van der Waals surface area contributed by atoms with E-state index in [0.29, 0.717) is 6.54 Å². The number of piperidine rings is 1. The van der Waals surface area contributed by atoms with Crippen LogP contribution in [0.3, 0.4) is 0 Å². The molecule has 21 heavy (non-hydrogen) atoms. The van der Waals surface area contributed by atoms with Gasteiger partial charge in [0.15, 0.2) is 0 Å². The van der Waals surface area contributed by atoms with E-state index in [1.165, 1.54) is 6.92 Å². The summed E-state index contributed by atoms with van der Waals surface area (Å²) in [7, 11) is 0. The number of aryl methyl sites for hydroxylation is 1. The number of rotatable bonds is 4. The minimum Gasteiger partial charge on any atom is -0.350 e. The van der Waals surface area contributed by atoms with E-state index in [1.807, 2.05) is 0 Å². The number of amides is 1. The number of nitro benzene ring substituents is 1. The molecule has 1 saturated heterocycles. The van der Waals surface area contributed by atoms with Gasteiger partial charge in [-0.25, -0.2) is 4.39 Å². The van der Waals surface area contributed by atoms with Crippen molar-refractivity contribution >= 4 is 11.6 Å². The quantitative estimate of drug-likeness (QED) is 0.656. The molecule has 0 aliphatic carbocycles. The third-order valence-electron chi connectivity index (χ3n) is 3.62. The zero-order valence-electron chi connectivity index (χ0n) is 11.8. The lowest BCUT2D eigenvalue weighted by Crippen LogP contribution is -2.43. The highest BCUT2D eigenvalue weighted by Gasteiger charge is 2.21. The summed E-state index contributed by atoms with van der Waals surface area (Å²) in [5.41, 5.74) is -0.475. The maximum Gasteiger partial charge on any atom is 0.270 e. The van der Waals surface area contributed by atoms with Crippen molar-refractivity contribution in [2.75, 3.05) is 13.1 Å². The second-order valence-electron chi connectivity index (χ2n) is 5.24. The first kappa shape index (κ1) is 15.4. The predicted molar refractivity (Wildman–Crippen MR) is 75.8 cm³/mol. The second kappa shape index (κ2) is 6.62. The zero-order valence-corrected chi connectivity index (χ0v) is 11.8. The smallest absolute Gasteiger partial charge is 0.270 e. The standard InChI is InChI=1S/C14H18FN3O3/c1-9-6-11(18(20)21)7-12(13(9)15)14(19)17-8-10-4-2-3-5-16-10/h6-7,10,16H,2-5,8H2,1H3,(H,17,19).